The molecule has 0 unspecified atom stereocenters. The zero-order valence-corrected chi connectivity index (χ0v) is 11.3. The van der Waals surface area contributed by atoms with Gasteiger partial charge in [0.15, 0.2) is 5.03 Å². The highest BCUT2D eigenvalue weighted by Crippen LogP contribution is 2.16. The van der Waals surface area contributed by atoms with Gasteiger partial charge in [0, 0.05) is 19.8 Å². The Bertz CT molecular complexity index is 612. The third-order valence-corrected chi connectivity index (χ3v) is 4.17. The maximum Gasteiger partial charge on any atom is 0.260 e. The molecule has 0 bridgehead atoms. The molecule has 4 N–H and O–H groups in total. The molecule has 0 fully saturated rings. The van der Waals surface area contributed by atoms with Crippen molar-refractivity contribution >= 4 is 25.7 Å². The number of nitrogens with one attached hydrogen (secondary N) is 2. The molecule has 1 aromatic heterocycles. The van der Waals surface area contributed by atoms with Crippen molar-refractivity contribution in [1.29, 1.82) is 0 Å². The number of hydrogen-bond donors (Lipinski definition) is 3. The predicted octanol–water partition coefficient (Wildman–Crippen LogP) is -1.31. The molecule has 1 heterocycles. The number of sulfonamides is 2. The van der Waals surface area contributed by atoms with Crippen molar-refractivity contribution in [3.05, 3.63) is 18.3 Å². The molecule has 0 aromatic carbocycles. The number of hydrogen-bond acceptors (Lipinski definition) is 6. The van der Waals surface area contributed by atoms with Gasteiger partial charge in [0.25, 0.3) is 10.0 Å². The van der Waals surface area contributed by atoms with Crippen LogP contribution in [0.3, 0.4) is 0 Å². The summed E-state index contributed by atoms with van der Waals surface area (Å²) in [5.41, 5.74) is 0.320. The molecule has 0 spiro atoms. The standard InChI is InChI=1S/C8H14N4O4S2/c1-10-7-3-2-4-11-8(7)18(15,16)12-5-6-17(9,13)14/h2-4,10,12H,5-6H2,1H3,(H2,9,13,14). The smallest absolute Gasteiger partial charge is 0.260 e. The third-order valence-electron chi connectivity index (χ3n) is 1.97. The number of rotatable bonds is 6. The van der Waals surface area contributed by atoms with E-state index in [-0.39, 0.29) is 11.6 Å². The number of nitrogens with two attached hydrogens (primary N) is 1. The van der Waals surface area contributed by atoms with Crippen molar-refractivity contribution in [1.82, 2.24) is 9.71 Å². The van der Waals surface area contributed by atoms with Crippen LogP contribution in [0, 0.1) is 0 Å². The first-order valence-electron chi connectivity index (χ1n) is 4.89. The highest BCUT2D eigenvalue weighted by atomic mass is 32.2. The molecule has 18 heavy (non-hydrogen) atoms. The molecule has 0 saturated heterocycles. The first-order valence-corrected chi connectivity index (χ1v) is 8.09. The summed E-state index contributed by atoms with van der Waals surface area (Å²) in [6, 6.07) is 3.12. The van der Waals surface area contributed by atoms with Gasteiger partial charge >= 0.3 is 0 Å². The van der Waals surface area contributed by atoms with Gasteiger partial charge in [-0.05, 0) is 12.1 Å². The first kappa shape index (κ1) is 14.8. The molecule has 0 aliphatic carbocycles. The highest BCUT2D eigenvalue weighted by molar-refractivity contribution is 7.90. The van der Waals surface area contributed by atoms with Gasteiger partial charge in [0.1, 0.15) is 0 Å². The first-order chi connectivity index (χ1) is 8.26. The summed E-state index contributed by atoms with van der Waals surface area (Å²) >= 11 is 0. The predicted molar refractivity (Wildman–Crippen MR) is 66.9 cm³/mol. The van der Waals surface area contributed by atoms with Crippen molar-refractivity contribution < 1.29 is 16.8 Å². The van der Waals surface area contributed by atoms with Gasteiger partial charge in [-0.3, -0.25) is 0 Å². The number of primary sulfonamides is 1. The molecule has 0 aliphatic rings. The minimum Gasteiger partial charge on any atom is -0.386 e. The van der Waals surface area contributed by atoms with E-state index in [0.29, 0.717) is 5.69 Å². The number of pyridine rings is 1. The Hall–Kier alpha value is -1.23. The SMILES string of the molecule is CNc1cccnc1S(=O)(=O)NCCS(N)(=O)=O. The van der Waals surface area contributed by atoms with Crippen LogP contribution in [0.5, 0.6) is 0 Å². The zero-order valence-electron chi connectivity index (χ0n) is 9.62. The van der Waals surface area contributed by atoms with Gasteiger partial charge in [-0.25, -0.2) is 31.7 Å². The zero-order chi connectivity index (χ0) is 13.8. The second kappa shape index (κ2) is 5.61. The largest absolute Gasteiger partial charge is 0.386 e. The molecule has 1 aromatic rings. The fourth-order valence-electron chi connectivity index (χ4n) is 1.18. The van der Waals surface area contributed by atoms with Crippen molar-refractivity contribution in [2.24, 2.45) is 5.14 Å². The molecular weight excluding hydrogens is 280 g/mol. The maximum atomic E-state index is 11.8. The minimum absolute atomic E-state index is 0.193. The van der Waals surface area contributed by atoms with E-state index in [1.165, 1.54) is 6.20 Å². The van der Waals surface area contributed by atoms with Crippen molar-refractivity contribution in [2.75, 3.05) is 24.7 Å². The fraction of sp³-hybridized carbons (Fsp3) is 0.375. The van der Waals surface area contributed by atoms with Crippen LogP contribution in [-0.2, 0) is 20.0 Å². The molecule has 0 aliphatic heterocycles. The van der Waals surface area contributed by atoms with E-state index in [0.717, 1.165) is 0 Å². The van der Waals surface area contributed by atoms with Gasteiger partial charge in [-0.15, -0.1) is 0 Å². The minimum atomic E-state index is -3.87. The average Bonchev–Trinajstić information content (AvgIpc) is 2.27. The second-order valence-corrected chi connectivity index (χ2v) is 6.79. The highest BCUT2D eigenvalue weighted by Gasteiger charge is 2.19. The lowest BCUT2D eigenvalue weighted by atomic mass is 10.4. The molecule has 8 nitrogen and oxygen atoms in total. The van der Waals surface area contributed by atoms with Crippen molar-refractivity contribution in [3.63, 3.8) is 0 Å². The summed E-state index contributed by atoms with van der Waals surface area (Å²) in [7, 11) is -6.02. The fourth-order valence-corrected chi connectivity index (χ4v) is 2.86. The van der Waals surface area contributed by atoms with E-state index >= 15 is 0 Å². The van der Waals surface area contributed by atoms with E-state index < -0.39 is 25.8 Å². The Labute approximate surface area is 106 Å². The van der Waals surface area contributed by atoms with Crippen LogP contribution >= 0.6 is 0 Å². The van der Waals surface area contributed by atoms with E-state index in [1.54, 1.807) is 19.2 Å². The summed E-state index contributed by atoms with van der Waals surface area (Å²) < 4.78 is 47.2. The van der Waals surface area contributed by atoms with E-state index in [9.17, 15) is 16.8 Å². The van der Waals surface area contributed by atoms with Crippen LogP contribution in [0.1, 0.15) is 0 Å². The average molecular weight is 294 g/mol. The lowest BCUT2D eigenvalue weighted by molar-refractivity contribution is 0.578. The molecule has 1 rings (SSSR count). The van der Waals surface area contributed by atoms with Gasteiger partial charge < -0.3 is 5.32 Å². The molecule has 0 saturated carbocycles. The monoisotopic (exact) mass is 294 g/mol. The summed E-state index contributed by atoms with van der Waals surface area (Å²) in [6.07, 6.45) is 1.33. The maximum absolute atomic E-state index is 11.8. The summed E-state index contributed by atoms with van der Waals surface area (Å²) in [5.74, 6) is -0.478. The van der Waals surface area contributed by atoms with Crippen LogP contribution in [0.15, 0.2) is 23.4 Å². The Kier molecular flexibility index (Phi) is 4.62. The summed E-state index contributed by atoms with van der Waals surface area (Å²) in [6.45, 7) is -0.305. The van der Waals surface area contributed by atoms with Crippen LogP contribution in [0.4, 0.5) is 5.69 Å². The Morgan fingerprint density at radius 3 is 2.56 bits per heavy atom. The second-order valence-electron chi connectivity index (χ2n) is 3.37. The van der Waals surface area contributed by atoms with E-state index in [4.69, 9.17) is 5.14 Å². The van der Waals surface area contributed by atoms with Crippen molar-refractivity contribution in [3.8, 4) is 0 Å². The summed E-state index contributed by atoms with van der Waals surface area (Å²) in [5, 5.41) is 7.26. The normalized spacial score (nSPS) is 12.3. The third kappa shape index (κ3) is 4.22. The molecule has 10 heteroatoms. The molecule has 0 atom stereocenters. The van der Waals surface area contributed by atoms with Crippen LogP contribution in [-0.4, -0.2) is 41.2 Å². The van der Waals surface area contributed by atoms with Crippen LogP contribution in [0.2, 0.25) is 0 Å². The van der Waals surface area contributed by atoms with Crippen LogP contribution in [0.25, 0.3) is 0 Å². The molecule has 0 radical (unpaired) electrons. The quantitative estimate of drug-likeness (QED) is 0.597. The summed E-state index contributed by atoms with van der Waals surface area (Å²) in [4.78, 5) is 3.74. The van der Waals surface area contributed by atoms with E-state index in [2.05, 4.69) is 15.0 Å². The Morgan fingerprint density at radius 1 is 1.33 bits per heavy atom. The van der Waals surface area contributed by atoms with Gasteiger partial charge in [-0.2, -0.15) is 0 Å². The lowest BCUT2D eigenvalue weighted by Crippen LogP contribution is -2.32. The van der Waals surface area contributed by atoms with Crippen molar-refractivity contribution in [2.45, 2.75) is 5.03 Å². The van der Waals surface area contributed by atoms with Gasteiger partial charge in [0.05, 0.1) is 11.4 Å². The number of anilines is 1. The number of nitrogens with zero attached hydrogens (tertiary/aromatic N) is 1. The Morgan fingerprint density at radius 2 is 2.00 bits per heavy atom. The van der Waals surface area contributed by atoms with E-state index in [1.807, 2.05) is 0 Å². The van der Waals surface area contributed by atoms with Gasteiger partial charge in [0.2, 0.25) is 10.0 Å². The molecule has 102 valence electrons. The van der Waals surface area contributed by atoms with Crippen LogP contribution < -0.4 is 15.2 Å². The molecular formula is C8H14N4O4S2. The lowest BCUT2D eigenvalue weighted by Gasteiger charge is -2.09. The molecule has 0 amide bonds. The Balaban J connectivity index is 2.87. The van der Waals surface area contributed by atoms with Gasteiger partial charge in [-0.1, -0.05) is 0 Å². The number of aromatic nitrogens is 1. The topological polar surface area (TPSA) is 131 Å².